The minimum absolute atomic E-state index is 0.0124. The first-order valence-corrected chi connectivity index (χ1v) is 15.2. The summed E-state index contributed by atoms with van der Waals surface area (Å²) in [7, 11) is 0. The molecule has 0 bridgehead atoms. The highest BCUT2D eigenvalue weighted by Crippen LogP contribution is 2.41. The van der Waals surface area contributed by atoms with Crippen molar-refractivity contribution in [1.82, 2.24) is 29.4 Å². The first-order chi connectivity index (χ1) is 19.5. The van der Waals surface area contributed by atoms with E-state index in [9.17, 15) is 10.2 Å². The Labute approximate surface area is 242 Å². The number of hydrogen-bond donors (Lipinski definition) is 4. The van der Waals surface area contributed by atoms with Crippen LogP contribution in [-0.2, 0) is 11.8 Å². The molecule has 1 unspecified atom stereocenters. The Morgan fingerprint density at radius 2 is 1.88 bits per heavy atom. The molecule has 0 spiro atoms. The lowest BCUT2D eigenvalue weighted by Crippen LogP contribution is -2.51. The molecule has 2 saturated carbocycles. The van der Waals surface area contributed by atoms with Gasteiger partial charge in [0.15, 0.2) is 0 Å². The van der Waals surface area contributed by atoms with Gasteiger partial charge in [0.1, 0.15) is 29.7 Å². The van der Waals surface area contributed by atoms with Crippen LogP contribution in [0.5, 0.6) is 0 Å². The van der Waals surface area contributed by atoms with Gasteiger partial charge in [-0.3, -0.25) is 4.90 Å². The van der Waals surface area contributed by atoms with Crippen molar-refractivity contribution >= 4 is 27.9 Å². The lowest BCUT2D eigenvalue weighted by atomic mass is 9.76. The third kappa shape index (κ3) is 5.35. The Kier molecular flexibility index (Phi) is 7.32. The van der Waals surface area contributed by atoms with E-state index in [1.54, 1.807) is 0 Å². The number of imidazole rings is 1. The fourth-order valence-electron chi connectivity index (χ4n) is 7.06. The molecule has 0 aliphatic heterocycles. The average Bonchev–Trinajstić information content (AvgIpc) is 3.58. The Morgan fingerprint density at radius 3 is 2.61 bits per heavy atom. The lowest BCUT2D eigenvalue weighted by molar-refractivity contribution is -0.0180. The summed E-state index contributed by atoms with van der Waals surface area (Å²) >= 11 is 0. The third-order valence-corrected chi connectivity index (χ3v) is 9.64. The second-order valence-corrected chi connectivity index (χ2v) is 13.7. The number of aromatic amines is 1. The fraction of sp³-hybridized carbons (Fsp3) is 0.594. The summed E-state index contributed by atoms with van der Waals surface area (Å²) in [6.07, 6.45) is 6.85. The quantitative estimate of drug-likeness (QED) is 0.248. The molecule has 0 radical (unpaired) electrons. The monoisotopic (exact) mass is 559 g/mol. The Balaban J connectivity index is 1.06. The van der Waals surface area contributed by atoms with Gasteiger partial charge in [0.2, 0.25) is 0 Å². The van der Waals surface area contributed by atoms with E-state index in [0.717, 1.165) is 41.6 Å². The number of nitrogens with one attached hydrogen (secondary N) is 1. The van der Waals surface area contributed by atoms with E-state index in [-0.39, 0.29) is 17.4 Å². The van der Waals surface area contributed by atoms with Crippen molar-refractivity contribution in [3.63, 3.8) is 0 Å². The highest BCUT2D eigenvalue weighted by atomic mass is 16.3. The van der Waals surface area contributed by atoms with E-state index in [0.29, 0.717) is 35.9 Å². The molecule has 9 heteroatoms. The van der Waals surface area contributed by atoms with Gasteiger partial charge in [-0.05, 0) is 74.6 Å². The second kappa shape index (κ2) is 10.7. The topological polar surface area (TPSA) is 129 Å². The van der Waals surface area contributed by atoms with Gasteiger partial charge in [0, 0.05) is 37.2 Å². The smallest absolute Gasteiger partial charge is 0.145 e. The first-order valence-electron chi connectivity index (χ1n) is 15.2. The summed E-state index contributed by atoms with van der Waals surface area (Å²) in [6.45, 7) is 12.0. The summed E-state index contributed by atoms with van der Waals surface area (Å²) in [5, 5.41) is 22.9. The van der Waals surface area contributed by atoms with Crippen LogP contribution in [0.3, 0.4) is 0 Å². The summed E-state index contributed by atoms with van der Waals surface area (Å²) in [4.78, 5) is 19.4. The van der Waals surface area contributed by atoms with Gasteiger partial charge in [0.25, 0.3) is 0 Å². The molecule has 4 atom stereocenters. The maximum absolute atomic E-state index is 11.1. The first kappa shape index (κ1) is 28.1. The van der Waals surface area contributed by atoms with Crippen LogP contribution in [0.15, 0.2) is 36.8 Å². The van der Waals surface area contributed by atoms with Crippen LogP contribution in [0.2, 0.25) is 0 Å². The zero-order valence-electron chi connectivity index (χ0n) is 25.0. The highest BCUT2D eigenvalue weighted by molar-refractivity contribution is 5.86. The van der Waals surface area contributed by atoms with Crippen molar-refractivity contribution in [2.45, 2.75) is 102 Å². The average molecular weight is 560 g/mol. The molecule has 220 valence electrons. The maximum Gasteiger partial charge on any atom is 0.145 e. The number of fused-ring (bicyclic) bond motifs is 2. The molecule has 6 rings (SSSR count). The van der Waals surface area contributed by atoms with Gasteiger partial charge in [-0.2, -0.15) is 0 Å². The summed E-state index contributed by atoms with van der Waals surface area (Å²) < 4.78 is 1.96. The Morgan fingerprint density at radius 1 is 1.10 bits per heavy atom. The van der Waals surface area contributed by atoms with Crippen LogP contribution < -0.4 is 5.73 Å². The van der Waals surface area contributed by atoms with Gasteiger partial charge in [-0.15, -0.1) is 0 Å². The number of aliphatic hydroxyl groups excluding tert-OH is 2. The Bertz CT molecular complexity index is 1510. The van der Waals surface area contributed by atoms with Crippen molar-refractivity contribution in [3.8, 4) is 0 Å². The van der Waals surface area contributed by atoms with Gasteiger partial charge in [0.05, 0.1) is 28.6 Å². The number of nitrogen functional groups attached to an aromatic ring is 1. The molecular formula is C32H45N7O2. The lowest BCUT2D eigenvalue weighted by Gasteiger charge is -2.46. The van der Waals surface area contributed by atoms with Crippen LogP contribution >= 0.6 is 0 Å². The van der Waals surface area contributed by atoms with Gasteiger partial charge >= 0.3 is 0 Å². The number of aromatic nitrogens is 5. The summed E-state index contributed by atoms with van der Waals surface area (Å²) in [6, 6.07) is 9.10. The second-order valence-electron chi connectivity index (χ2n) is 13.7. The van der Waals surface area contributed by atoms with Crippen LogP contribution in [0, 0.1) is 11.8 Å². The van der Waals surface area contributed by atoms with Crippen molar-refractivity contribution in [1.29, 1.82) is 0 Å². The van der Waals surface area contributed by atoms with E-state index in [1.165, 1.54) is 24.7 Å². The van der Waals surface area contributed by atoms with Crippen molar-refractivity contribution in [2.75, 3.05) is 12.3 Å². The zero-order chi connectivity index (χ0) is 29.1. The minimum atomic E-state index is -0.849. The van der Waals surface area contributed by atoms with Crippen LogP contribution in [-0.4, -0.2) is 70.5 Å². The molecule has 1 aromatic carbocycles. The molecule has 3 aromatic heterocycles. The number of nitrogens with zero attached hydrogens (tertiary/aromatic N) is 5. The summed E-state index contributed by atoms with van der Waals surface area (Å²) in [5.41, 5.74) is 10.3. The standard InChI is InChI=1S/C32H45N7O2/c1-18(2)39(16-20-14-26(29(41)28(20)40)38-11-10-23-30(33)34-17-35-31(23)38)22-12-19(13-22)6-9-27-36-24-8-7-21(32(3,4)5)15-25(24)37-27/h7-8,10-11,15,17-20,22,26,28-29,40-41H,6,9,12-14,16H2,1-5H3,(H,36,37)(H2,33,34,35)/t19?,20?,22?,26-,28-,29+/m1/s1. The van der Waals surface area contributed by atoms with Crippen molar-refractivity contribution in [3.05, 3.63) is 48.2 Å². The number of aryl methyl sites for hydroxylation is 1. The van der Waals surface area contributed by atoms with Crippen molar-refractivity contribution in [2.24, 2.45) is 11.8 Å². The molecule has 0 saturated heterocycles. The molecule has 2 aliphatic rings. The Hall–Kier alpha value is -3.01. The molecule has 2 aliphatic carbocycles. The largest absolute Gasteiger partial charge is 0.390 e. The molecule has 3 heterocycles. The van der Waals surface area contributed by atoms with Gasteiger partial charge in [-0.1, -0.05) is 26.8 Å². The predicted octanol–water partition coefficient (Wildman–Crippen LogP) is 4.59. The number of hydrogen-bond acceptors (Lipinski definition) is 7. The molecule has 5 N–H and O–H groups in total. The SMILES string of the molecule is CC(C)N(CC1C[C@@H](n2ccc3c(N)ncnc32)[C@H](O)[C@@H]1O)C1CC(CCc2nc3ccc(C(C)(C)C)cc3[nH]2)C1. The molecule has 0 amide bonds. The van der Waals surface area contributed by atoms with Crippen LogP contribution in [0.25, 0.3) is 22.1 Å². The fourth-order valence-corrected chi connectivity index (χ4v) is 7.06. The molecule has 2 fully saturated rings. The van der Waals surface area contributed by atoms with Gasteiger partial charge < -0.3 is 25.5 Å². The molecule has 4 aromatic rings. The minimum Gasteiger partial charge on any atom is -0.390 e. The van der Waals surface area contributed by atoms with Gasteiger partial charge in [-0.25, -0.2) is 15.0 Å². The molecule has 41 heavy (non-hydrogen) atoms. The van der Waals surface area contributed by atoms with E-state index in [2.05, 4.69) is 72.7 Å². The molecular weight excluding hydrogens is 514 g/mol. The van der Waals surface area contributed by atoms with E-state index in [4.69, 9.17) is 10.7 Å². The predicted molar refractivity (Wildman–Crippen MR) is 163 cm³/mol. The van der Waals surface area contributed by atoms with Crippen molar-refractivity contribution < 1.29 is 10.2 Å². The zero-order valence-corrected chi connectivity index (χ0v) is 25.0. The summed E-state index contributed by atoms with van der Waals surface area (Å²) in [5.74, 6) is 2.18. The van der Waals surface area contributed by atoms with E-state index >= 15 is 0 Å². The van der Waals surface area contributed by atoms with Crippen LogP contribution in [0.4, 0.5) is 5.82 Å². The number of nitrogens with two attached hydrogens (primary N) is 1. The van der Waals surface area contributed by atoms with Crippen LogP contribution in [0.1, 0.15) is 77.7 Å². The molecule has 9 nitrogen and oxygen atoms in total. The van der Waals surface area contributed by atoms with E-state index in [1.807, 2.05) is 16.8 Å². The number of H-pyrrole nitrogens is 1. The number of anilines is 1. The maximum atomic E-state index is 11.1. The number of rotatable bonds is 8. The normalized spacial score (nSPS) is 27.0. The highest BCUT2D eigenvalue weighted by Gasteiger charge is 2.45. The third-order valence-electron chi connectivity index (χ3n) is 9.64. The number of benzene rings is 1. The number of aliphatic hydroxyl groups is 2. The van der Waals surface area contributed by atoms with E-state index < -0.39 is 12.2 Å².